The van der Waals surface area contributed by atoms with E-state index in [0.29, 0.717) is 38.0 Å². The summed E-state index contributed by atoms with van der Waals surface area (Å²) < 4.78 is 73.5. The van der Waals surface area contributed by atoms with Gasteiger partial charge >= 0.3 is 31.7 Å². The number of phosphoric ester groups is 1. The predicted molar refractivity (Wildman–Crippen MR) is 458 cm³/mol. The Morgan fingerprint density at radius 3 is 1.10 bits per heavy atom. The average molecular weight is 1710 g/mol. The van der Waals surface area contributed by atoms with Gasteiger partial charge in [-0.1, -0.05) is 349 Å². The van der Waals surface area contributed by atoms with Crippen molar-refractivity contribution in [3.05, 3.63) is 12.2 Å². The first-order valence-corrected chi connectivity index (χ1v) is 49.3. The largest absolute Gasteiger partial charge is 0.472 e. The van der Waals surface area contributed by atoms with Crippen LogP contribution in [0.2, 0.25) is 0 Å². The zero-order valence-corrected chi connectivity index (χ0v) is 75.0. The SMILES string of the molecule is CCCCCC/C=C\CCCCCCCCCC(=O)OC1C(O)C(O)C(OC2OC(CO)C(O)C(O)C2O)C(OP(=O)(O)OCC(COC(=O)CCCCCCCCCCCCCCC)OC(=O)CCCCCCCCCCCCCCCCC)C1OC1OC(COC(=O)CCCCCCCCC(C)CCCCCCCC)C(O)C(O)C1O. The van der Waals surface area contributed by atoms with Gasteiger partial charge in [0, 0.05) is 25.7 Å². The Balaban J connectivity index is 1.92. The van der Waals surface area contributed by atoms with E-state index in [9.17, 15) is 74.6 Å². The van der Waals surface area contributed by atoms with E-state index in [1.54, 1.807) is 0 Å². The van der Waals surface area contributed by atoms with Crippen LogP contribution in [0.4, 0.5) is 0 Å². The van der Waals surface area contributed by atoms with Crippen LogP contribution in [0, 0.1) is 5.92 Å². The van der Waals surface area contributed by atoms with E-state index in [4.69, 9.17) is 46.9 Å². The number of rotatable bonds is 77. The summed E-state index contributed by atoms with van der Waals surface area (Å²) in [4.78, 5) is 66.5. The van der Waals surface area contributed by atoms with Crippen molar-refractivity contribution in [2.24, 2.45) is 5.92 Å². The first-order valence-electron chi connectivity index (χ1n) is 47.8. The molecule has 0 radical (unpaired) electrons. The number of hydrogen-bond donors (Lipinski definition) is 10. The molecule has 0 amide bonds. The molecule has 19 atom stereocenters. The van der Waals surface area contributed by atoms with Crippen LogP contribution in [0.25, 0.3) is 0 Å². The number of unbranched alkanes of at least 4 members (excludes halogenated alkanes) is 47. The molecule has 3 aliphatic rings. The molecule has 2 aliphatic heterocycles. The summed E-state index contributed by atoms with van der Waals surface area (Å²) >= 11 is 0. The molecule has 0 spiro atoms. The number of esters is 4. The summed E-state index contributed by atoms with van der Waals surface area (Å²) in [5.74, 6) is -2.27. The van der Waals surface area contributed by atoms with Crippen LogP contribution >= 0.6 is 7.82 Å². The monoisotopic (exact) mass is 1710 g/mol. The van der Waals surface area contributed by atoms with Crippen LogP contribution in [0.3, 0.4) is 0 Å². The number of allylic oxidation sites excluding steroid dienone is 2. The van der Waals surface area contributed by atoms with Crippen LogP contribution in [-0.4, -0.2) is 205 Å². The Hall–Kier alpha value is -2.79. The van der Waals surface area contributed by atoms with Gasteiger partial charge in [0.05, 0.1) is 13.2 Å². The minimum atomic E-state index is -5.81. The Labute approximate surface area is 712 Å². The predicted octanol–water partition coefficient (Wildman–Crippen LogP) is 17.8. The third-order valence-corrected chi connectivity index (χ3v) is 24.7. The summed E-state index contributed by atoms with van der Waals surface area (Å²) in [5.41, 5.74) is 0. The number of carbonyl (C=O) groups excluding carboxylic acids is 4. The minimum absolute atomic E-state index is 0.0154. The molecule has 25 nitrogen and oxygen atoms in total. The second kappa shape index (κ2) is 70.4. The molecule has 1 aliphatic carbocycles. The Bertz CT molecular complexity index is 2520. The fourth-order valence-electron chi connectivity index (χ4n) is 16.0. The Morgan fingerprint density at radius 2 is 0.686 bits per heavy atom. The molecule has 0 aromatic heterocycles. The highest BCUT2D eigenvalue weighted by Gasteiger charge is 2.60. The third-order valence-electron chi connectivity index (χ3n) is 23.7. The van der Waals surface area contributed by atoms with Crippen LogP contribution in [0.5, 0.6) is 0 Å². The van der Waals surface area contributed by atoms with E-state index in [2.05, 4.69) is 46.8 Å². The van der Waals surface area contributed by atoms with Gasteiger partial charge in [0.1, 0.15) is 92.6 Å². The van der Waals surface area contributed by atoms with Gasteiger partial charge in [-0.2, -0.15) is 0 Å². The molecule has 1 saturated carbocycles. The van der Waals surface area contributed by atoms with E-state index < -0.39 is 162 Å². The molecule has 26 heteroatoms. The van der Waals surface area contributed by atoms with Crippen LogP contribution < -0.4 is 0 Å². The summed E-state index contributed by atoms with van der Waals surface area (Å²) in [6, 6.07) is 0. The number of ether oxygens (including phenoxy) is 8. The fourth-order valence-corrected chi connectivity index (χ4v) is 16.9. The van der Waals surface area contributed by atoms with Crippen molar-refractivity contribution >= 4 is 31.7 Å². The van der Waals surface area contributed by atoms with Crippen molar-refractivity contribution in [2.45, 2.75) is 518 Å². The Kier molecular flexibility index (Phi) is 65.2. The van der Waals surface area contributed by atoms with E-state index in [-0.39, 0.29) is 25.7 Å². The van der Waals surface area contributed by atoms with E-state index >= 15 is 0 Å². The van der Waals surface area contributed by atoms with Crippen molar-refractivity contribution in [1.82, 2.24) is 0 Å². The van der Waals surface area contributed by atoms with Gasteiger partial charge in [-0.25, -0.2) is 4.57 Å². The van der Waals surface area contributed by atoms with Crippen molar-refractivity contribution in [3.8, 4) is 0 Å². The van der Waals surface area contributed by atoms with Crippen molar-refractivity contribution < 1.29 is 122 Å². The van der Waals surface area contributed by atoms with Crippen LogP contribution in [-0.2, 0) is 70.7 Å². The lowest BCUT2D eigenvalue weighted by Crippen LogP contribution is -2.70. The topological polar surface area (TPSA) is 380 Å². The number of hydrogen-bond acceptors (Lipinski definition) is 24. The standard InChI is InChI=1S/C92H171O25P/c1-6-10-14-18-22-25-28-31-33-36-39-42-45-53-59-65-77(96)111-72(68-108-75(94)63-57-51-44-41-38-35-30-27-24-20-16-12-8-3)69-110-118(106,107)117-90-88(115-91-85(104)81(100)79(98)73(67-93)112-91)84(103)83(102)87(114-78(97)66-60-54-46-43-40-37-34-32-29-26-23-19-15-11-7-2)89(90)116-92-86(105)82(101)80(99)74(113-92)70-109-76(95)64-58-52-48-47-50-56-62-71(5)61-55-49-21-17-13-9-4/h26,29,71-74,79-93,98-105H,6-25,27-28,30-70H2,1-5H3,(H,106,107)/b29-26-. The molecule has 3 rings (SSSR count). The van der Waals surface area contributed by atoms with E-state index in [1.165, 1.54) is 180 Å². The van der Waals surface area contributed by atoms with Gasteiger partial charge in [0.2, 0.25) is 0 Å². The highest BCUT2D eigenvalue weighted by molar-refractivity contribution is 7.47. The van der Waals surface area contributed by atoms with E-state index in [1.807, 2.05) is 0 Å². The molecular formula is C92H171O25P. The lowest BCUT2D eigenvalue weighted by molar-refractivity contribution is -0.360. The number of carbonyl (C=O) groups is 4. The normalized spacial score (nSPS) is 25.2. The van der Waals surface area contributed by atoms with Gasteiger partial charge in [0.25, 0.3) is 0 Å². The smallest absolute Gasteiger partial charge is 0.463 e. The second-order valence-corrected chi connectivity index (χ2v) is 35.9. The molecule has 19 unspecified atom stereocenters. The van der Waals surface area contributed by atoms with Gasteiger partial charge in [0.15, 0.2) is 24.8 Å². The molecule has 694 valence electrons. The maximum absolute atomic E-state index is 14.9. The molecule has 118 heavy (non-hydrogen) atoms. The van der Waals surface area contributed by atoms with Crippen LogP contribution in [0.1, 0.15) is 413 Å². The molecule has 2 heterocycles. The molecule has 10 N–H and O–H groups in total. The summed E-state index contributed by atoms with van der Waals surface area (Å²) in [6.45, 7) is 7.93. The highest BCUT2D eigenvalue weighted by Crippen LogP contribution is 2.49. The molecule has 3 fully saturated rings. The molecular weight excluding hydrogens is 1540 g/mol. The van der Waals surface area contributed by atoms with Gasteiger partial charge < -0.3 is 88.7 Å². The number of aliphatic hydroxyl groups is 9. The maximum Gasteiger partial charge on any atom is 0.472 e. The first-order chi connectivity index (χ1) is 57.1. The fraction of sp³-hybridized carbons (Fsp3) is 0.935. The van der Waals surface area contributed by atoms with Crippen LogP contribution in [0.15, 0.2) is 12.2 Å². The Morgan fingerprint density at radius 1 is 0.356 bits per heavy atom. The van der Waals surface area contributed by atoms with E-state index in [0.717, 1.165) is 141 Å². The lowest BCUT2D eigenvalue weighted by Gasteiger charge is -2.50. The second-order valence-electron chi connectivity index (χ2n) is 34.5. The number of phosphoric acid groups is 1. The van der Waals surface area contributed by atoms with Gasteiger partial charge in [-0.05, 0) is 57.3 Å². The molecule has 0 bridgehead atoms. The number of aliphatic hydroxyl groups excluding tert-OH is 9. The summed E-state index contributed by atoms with van der Waals surface area (Å²) in [6.07, 6.45) is 27.7. The summed E-state index contributed by atoms with van der Waals surface area (Å²) in [7, 11) is -5.81. The maximum atomic E-state index is 14.9. The third kappa shape index (κ3) is 50.4. The van der Waals surface area contributed by atoms with Gasteiger partial charge in [-0.3, -0.25) is 28.2 Å². The van der Waals surface area contributed by atoms with Crippen molar-refractivity contribution in [1.29, 1.82) is 0 Å². The molecule has 2 saturated heterocycles. The average Bonchev–Trinajstić information content (AvgIpc) is 0.754. The van der Waals surface area contributed by atoms with Crippen molar-refractivity contribution in [2.75, 3.05) is 26.4 Å². The quantitative estimate of drug-likeness (QED) is 0.00889. The summed E-state index contributed by atoms with van der Waals surface area (Å²) in [5, 5.41) is 102. The molecule has 0 aromatic carbocycles. The zero-order valence-electron chi connectivity index (χ0n) is 74.1. The first kappa shape index (κ1) is 109. The highest BCUT2D eigenvalue weighted by atomic mass is 31.2. The molecule has 0 aromatic rings. The lowest BCUT2D eigenvalue weighted by atomic mass is 9.84. The minimum Gasteiger partial charge on any atom is -0.463 e. The van der Waals surface area contributed by atoms with Gasteiger partial charge in [-0.15, -0.1) is 0 Å². The zero-order chi connectivity index (χ0) is 86.2. The van der Waals surface area contributed by atoms with Crippen molar-refractivity contribution in [3.63, 3.8) is 0 Å².